The summed E-state index contributed by atoms with van der Waals surface area (Å²) in [6.07, 6.45) is 2.20. The van der Waals surface area contributed by atoms with Crippen molar-refractivity contribution in [3.63, 3.8) is 0 Å². The van der Waals surface area contributed by atoms with Gasteiger partial charge in [0.2, 0.25) is 5.91 Å². The molecule has 1 amide bonds. The normalized spacial score (nSPS) is 22.1. The maximum atomic E-state index is 11.3. The summed E-state index contributed by atoms with van der Waals surface area (Å²) in [5, 5.41) is 2.97. The zero-order valence-corrected chi connectivity index (χ0v) is 9.84. The molecule has 4 heteroatoms. The molecule has 0 saturated carbocycles. The molecule has 0 aromatic heterocycles. The summed E-state index contributed by atoms with van der Waals surface area (Å²) in [5.41, 5.74) is -0.247. The largest absolute Gasteiger partial charge is 0.381 e. The molecule has 1 saturated heterocycles. The number of carbonyl (C=O) groups is 1. The standard InChI is InChI=1S/C11H21NO3/c1-4-10(13)12-9(2)11(14-3)5-7-15-8-6-11/h9H,4-8H2,1-3H3,(H,12,13). The van der Waals surface area contributed by atoms with Gasteiger partial charge in [0, 0.05) is 39.6 Å². The van der Waals surface area contributed by atoms with Crippen LogP contribution in [0.4, 0.5) is 0 Å². The van der Waals surface area contributed by atoms with E-state index in [0.717, 1.165) is 12.8 Å². The molecular weight excluding hydrogens is 194 g/mol. The van der Waals surface area contributed by atoms with Crippen molar-refractivity contribution in [2.24, 2.45) is 0 Å². The van der Waals surface area contributed by atoms with Gasteiger partial charge in [-0.05, 0) is 6.92 Å². The maximum absolute atomic E-state index is 11.3. The number of rotatable bonds is 4. The first-order chi connectivity index (χ1) is 7.14. The zero-order valence-electron chi connectivity index (χ0n) is 9.84. The third-order valence-electron chi connectivity index (χ3n) is 3.23. The zero-order chi connectivity index (χ0) is 11.3. The number of hydrogen-bond acceptors (Lipinski definition) is 3. The molecule has 0 aromatic carbocycles. The second-order valence-electron chi connectivity index (χ2n) is 4.02. The molecule has 1 aliphatic heterocycles. The van der Waals surface area contributed by atoms with Crippen LogP contribution in [0.15, 0.2) is 0 Å². The topological polar surface area (TPSA) is 47.6 Å². The Morgan fingerprint density at radius 2 is 2.13 bits per heavy atom. The van der Waals surface area contributed by atoms with Crippen molar-refractivity contribution in [2.75, 3.05) is 20.3 Å². The van der Waals surface area contributed by atoms with Crippen LogP contribution in [0.2, 0.25) is 0 Å². The molecule has 1 unspecified atom stereocenters. The third-order valence-corrected chi connectivity index (χ3v) is 3.23. The fraction of sp³-hybridized carbons (Fsp3) is 0.909. The monoisotopic (exact) mass is 215 g/mol. The van der Waals surface area contributed by atoms with E-state index in [1.165, 1.54) is 0 Å². The number of ether oxygens (including phenoxy) is 2. The molecule has 0 bridgehead atoms. The predicted molar refractivity (Wildman–Crippen MR) is 57.7 cm³/mol. The minimum Gasteiger partial charge on any atom is -0.381 e. The molecule has 1 atom stereocenters. The van der Waals surface area contributed by atoms with Crippen molar-refractivity contribution >= 4 is 5.91 Å². The molecule has 0 aromatic rings. The number of amides is 1. The highest BCUT2D eigenvalue weighted by atomic mass is 16.5. The summed E-state index contributed by atoms with van der Waals surface area (Å²) in [7, 11) is 1.71. The van der Waals surface area contributed by atoms with Crippen LogP contribution in [0.1, 0.15) is 33.1 Å². The van der Waals surface area contributed by atoms with Gasteiger partial charge < -0.3 is 14.8 Å². The SMILES string of the molecule is CCC(=O)NC(C)C1(OC)CCOCC1. The van der Waals surface area contributed by atoms with Crippen LogP contribution >= 0.6 is 0 Å². The highest BCUT2D eigenvalue weighted by Crippen LogP contribution is 2.28. The first-order valence-corrected chi connectivity index (χ1v) is 5.57. The summed E-state index contributed by atoms with van der Waals surface area (Å²) >= 11 is 0. The Morgan fingerprint density at radius 3 is 2.60 bits per heavy atom. The van der Waals surface area contributed by atoms with Crippen molar-refractivity contribution in [1.82, 2.24) is 5.32 Å². The predicted octanol–water partition coefficient (Wildman–Crippen LogP) is 1.10. The molecular formula is C11H21NO3. The number of hydrogen-bond donors (Lipinski definition) is 1. The highest BCUT2D eigenvalue weighted by Gasteiger charge is 2.38. The molecule has 15 heavy (non-hydrogen) atoms. The van der Waals surface area contributed by atoms with Crippen LogP contribution in [0.5, 0.6) is 0 Å². The smallest absolute Gasteiger partial charge is 0.220 e. The van der Waals surface area contributed by atoms with E-state index in [-0.39, 0.29) is 17.6 Å². The van der Waals surface area contributed by atoms with Gasteiger partial charge in [-0.15, -0.1) is 0 Å². The first kappa shape index (κ1) is 12.5. The second kappa shape index (κ2) is 5.47. The van der Waals surface area contributed by atoms with Crippen LogP contribution in [0, 0.1) is 0 Å². The first-order valence-electron chi connectivity index (χ1n) is 5.57. The van der Waals surface area contributed by atoms with Gasteiger partial charge in [-0.3, -0.25) is 4.79 Å². The Hall–Kier alpha value is -0.610. The Labute approximate surface area is 91.3 Å². The molecule has 1 N–H and O–H groups in total. The molecule has 1 rings (SSSR count). The van der Waals surface area contributed by atoms with Gasteiger partial charge >= 0.3 is 0 Å². The van der Waals surface area contributed by atoms with Crippen molar-refractivity contribution in [3.8, 4) is 0 Å². The maximum Gasteiger partial charge on any atom is 0.220 e. The van der Waals surface area contributed by atoms with E-state index in [2.05, 4.69) is 5.32 Å². The van der Waals surface area contributed by atoms with E-state index in [1.54, 1.807) is 7.11 Å². The van der Waals surface area contributed by atoms with Crippen LogP contribution in [0.3, 0.4) is 0 Å². The fourth-order valence-corrected chi connectivity index (χ4v) is 2.01. The van der Waals surface area contributed by atoms with Gasteiger partial charge in [0.25, 0.3) is 0 Å². The van der Waals surface area contributed by atoms with Crippen molar-refractivity contribution in [2.45, 2.75) is 44.8 Å². The minimum absolute atomic E-state index is 0.0406. The summed E-state index contributed by atoms with van der Waals surface area (Å²) in [4.78, 5) is 11.3. The van der Waals surface area contributed by atoms with E-state index in [1.807, 2.05) is 13.8 Å². The average Bonchev–Trinajstić information content (AvgIpc) is 2.29. The summed E-state index contributed by atoms with van der Waals surface area (Å²) < 4.78 is 10.9. The lowest BCUT2D eigenvalue weighted by molar-refractivity contribution is -0.131. The van der Waals surface area contributed by atoms with Crippen LogP contribution in [0.25, 0.3) is 0 Å². The number of methoxy groups -OCH3 is 1. The Morgan fingerprint density at radius 1 is 1.53 bits per heavy atom. The summed E-state index contributed by atoms with van der Waals surface area (Å²) in [6.45, 7) is 5.27. The van der Waals surface area contributed by atoms with E-state index >= 15 is 0 Å². The Balaban J connectivity index is 2.59. The lowest BCUT2D eigenvalue weighted by Crippen LogP contribution is -2.54. The summed E-state index contributed by atoms with van der Waals surface area (Å²) in [6, 6.07) is 0.0406. The van der Waals surface area contributed by atoms with Crippen molar-refractivity contribution < 1.29 is 14.3 Å². The third kappa shape index (κ3) is 2.92. The number of nitrogens with one attached hydrogen (secondary N) is 1. The number of carbonyl (C=O) groups excluding carboxylic acids is 1. The lowest BCUT2D eigenvalue weighted by atomic mass is 9.87. The van der Waals surface area contributed by atoms with Gasteiger partial charge in [-0.1, -0.05) is 6.92 Å². The van der Waals surface area contributed by atoms with Crippen molar-refractivity contribution in [1.29, 1.82) is 0 Å². The molecule has 0 radical (unpaired) electrons. The molecule has 1 heterocycles. The fourth-order valence-electron chi connectivity index (χ4n) is 2.01. The van der Waals surface area contributed by atoms with Crippen LogP contribution in [-0.2, 0) is 14.3 Å². The van der Waals surface area contributed by atoms with Gasteiger partial charge in [-0.25, -0.2) is 0 Å². The molecule has 0 aliphatic carbocycles. The molecule has 1 aliphatic rings. The van der Waals surface area contributed by atoms with Gasteiger partial charge in [0.15, 0.2) is 0 Å². The minimum atomic E-state index is -0.247. The Kier molecular flexibility index (Phi) is 4.54. The van der Waals surface area contributed by atoms with Crippen molar-refractivity contribution in [3.05, 3.63) is 0 Å². The average molecular weight is 215 g/mol. The molecule has 0 spiro atoms. The lowest BCUT2D eigenvalue weighted by Gasteiger charge is -2.40. The highest BCUT2D eigenvalue weighted by molar-refractivity contribution is 5.75. The van der Waals surface area contributed by atoms with E-state index in [0.29, 0.717) is 19.6 Å². The quantitative estimate of drug-likeness (QED) is 0.764. The Bertz CT molecular complexity index is 212. The molecule has 4 nitrogen and oxygen atoms in total. The molecule has 88 valence electrons. The molecule has 1 fully saturated rings. The van der Waals surface area contributed by atoms with E-state index in [9.17, 15) is 4.79 Å². The van der Waals surface area contributed by atoms with Crippen LogP contribution < -0.4 is 5.32 Å². The summed E-state index contributed by atoms with van der Waals surface area (Å²) in [5.74, 6) is 0.0745. The van der Waals surface area contributed by atoms with E-state index < -0.39 is 0 Å². The van der Waals surface area contributed by atoms with Gasteiger partial charge in [-0.2, -0.15) is 0 Å². The van der Waals surface area contributed by atoms with Gasteiger partial charge in [0.05, 0.1) is 11.6 Å². The second-order valence-corrected chi connectivity index (χ2v) is 4.02. The van der Waals surface area contributed by atoms with Crippen LogP contribution in [-0.4, -0.2) is 37.9 Å². The van der Waals surface area contributed by atoms with E-state index in [4.69, 9.17) is 9.47 Å². The van der Waals surface area contributed by atoms with Gasteiger partial charge in [0.1, 0.15) is 0 Å².